The predicted octanol–water partition coefficient (Wildman–Crippen LogP) is 4.75. The highest BCUT2D eigenvalue weighted by Crippen LogP contribution is 2.33. The van der Waals surface area contributed by atoms with Gasteiger partial charge in [0.1, 0.15) is 11.6 Å². The summed E-state index contributed by atoms with van der Waals surface area (Å²) in [5, 5.41) is 2.72. The Bertz CT molecular complexity index is 665. The second-order valence-corrected chi connectivity index (χ2v) is 7.35. The van der Waals surface area contributed by atoms with Gasteiger partial charge in [-0.1, -0.05) is 31.4 Å². The summed E-state index contributed by atoms with van der Waals surface area (Å²) in [6.45, 7) is -0.0174. The van der Waals surface area contributed by atoms with Crippen LogP contribution in [0.25, 0.3) is 0 Å². The van der Waals surface area contributed by atoms with Crippen molar-refractivity contribution in [2.24, 2.45) is 0 Å². The predicted molar refractivity (Wildman–Crippen MR) is 103 cm³/mol. The molecular formula is C19H21IN2O2. The Morgan fingerprint density at radius 3 is 2.54 bits per heavy atom. The minimum atomic E-state index is -0.208. The number of hydrogen-bond donors (Lipinski definition) is 1. The van der Waals surface area contributed by atoms with Crippen LogP contribution in [0.4, 0.5) is 5.82 Å². The molecule has 1 aromatic carbocycles. The number of nitrogens with one attached hydrogen (secondary N) is 1. The number of anilines is 1. The minimum Gasteiger partial charge on any atom is -0.484 e. The standard InChI is InChI=1S/C19H21IN2O2/c20-16-8-11-18(21-12-16)22-19(23)13-24-17-9-6-15(7-10-17)14-4-2-1-3-5-14/h6-12,14H,1-5,13H2,(H,21,22,23). The van der Waals surface area contributed by atoms with Gasteiger partial charge in [0.05, 0.1) is 0 Å². The first-order valence-corrected chi connectivity index (χ1v) is 9.43. The van der Waals surface area contributed by atoms with E-state index < -0.39 is 0 Å². The molecule has 24 heavy (non-hydrogen) atoms. The third-order valence-corrected chi connectivity index (χ3v) is 4.96. The maximum Gasteiger partial charge on any atom is 0.263 e. The van der Waals surface area contributed by atoms with Crippen LogP contribution in [0.3, 0.4) is 0 Å². The molecule has 1 aliphatic carbocycles. The minimum absolute atomic E-state index is 0.0174. The molecule has 1 N–H and O–H groups in total. The molecule has 0 radical (unpaired) electrons. The SMILES string of the molecule is O=C(COc1ccc(C2CCCCC2)cc1)Nc1ccc(I)cn1. The van der Waals surface area contributed by atoms with E-state index in [9.17, 15) is 4.79 Å². The highest BCUT2D eigenvalue weighted by molar-refractivity contribution is 14.1. The Morgan fingerprint density at radius 2 is 1.88 bits per heavy atom. The molecule has 1 heterocycles. The fraction of sp³-hybridized carbons (Fsp3) is 0.368. The average Bonchev–Trinajstić information content (AvgIpc) is 2.63. The summed E-state index contributed by atoms with van der Waals surface area (Å²) in [6.07, 6.45) is 8.30. The Hall–Kier alpha value is -1.63. The zero-order chi connectivity index (χ0) is 16.8. The highest BCUT2D eigenvalue weighted by atomic mass is 127. The summed E-state index contributed by atoms with van der Waals surface area (Å²) in [4.78, 5) is 16.0. The normalized spacial score (nSPS) is 15.0. The molecule has 0 bridgehead atoms. The maximum atomic E-state index is 11.9. The molecule has 3 rings (SSSR count). The lowest BCUT2D eigenvalue weighted by Crippen LogP contribution is -2.20. The van der Waals surface area contributed by atoms with Gasteiger partial charge >= 0.3 is 0 Å². The van der Waals surface area contributed by atoms with E-state index in [1.54, 1.807) is 12.3 Å². The zero-order valence-corrected chi connectivity index (χ0v) is 15.7. The second-order valence-electron chi connectivity index (χ2n) is 6.10. The van der Waals surface area contributed by atoms with E-state index in [4.69, 9.17) is 4.74 Å². The zero-order valence-electron chi connectivity index (χ0n) is 13.5. The van der Waals surface area contributed by atoms with E-state index >= 15 is 0 Å². The Balaban J connectivity index is 1.49. The summed E-state index contributed by atoms with van der Waals surface area (Å²) >= 11 is 2.17. The van der Waals surface area contributed by atoms with Gasteiger partial charge in [0.2, 0.25) is 0 Å². The summed E-state index contributed by atoms with van der Waals surface area (Å²) in [5.41, 5.74) is 1.38. The number of ether oxygens (including phenoxy) is 1. The molecule has 0 aliphatic heterocycles. The lowest BCUT2D eigenvalue weighted by Gasteiger charge is -2.22. The van der Waals surface area contributed by atoms with Crippen LogP contribution in [-0.2, 0) is 4.79 Å². The molecular weight excluding hydrogens is 415 g/mol. The van der Waals surface area contributed by atoms with Gasteiger partial charge < -0.3 is 10.1 Å². The highest BCUT2D eigenvalue weighted by Gasteiger charge is 2.15. The number of amides is 1. The van der Waals surface area contributed by atoms with Crippen molar-refractivity contribution in [2.45, 2.75) is 38.0 Å². The van der Waals surface area contributed by atoms with E-state index in [1.165, 1.54) is 37.7 Å². The number of benzene rings is 1. The molecule has 126 valence electrons. The van der Waals surface area contributed by atoms with Crippen molar-refractivity contribution in [1.82, 2.24) is 4.98 Å². The largest absolute Gasteiger partial charge is 0.484 e. The molecule has 0 spiro atoms. The van der Waals surface area contributed by atoms with Crippen LogP contribution in [0, 0.1) is 3.57 Å². The topological polar surface area (TPSA) is 51.2 Å². The first kappa shape index (κ1) is 17.2. The molecule has 5 heteroatoms. The van der Waals surface area contributed by atoms with Crippen molar-refractivity contribution in [3.05, 3.63) is 51.7 Å². The fourth-order valence-corrected chi connectivity index (χ4v) is 3.37. The van der Waals surface area contributed by atoms with E-state index in [0.717, 1.165) is 9.32 Å². The molecule has 0 saturated heterocycles. The summed E-state index contributed by atoms with van der Waals surface area (Å²) in [7, 11) is 0. The van der Waals surface area contributed by atoms with Gasteiger partial charge in [-0.3, -0.25) is 4.79 Å². The van der Waals surface area contributed by atoms with Crippen molar-refractivity contribution in [3.8, 4) is 5.75 Å². The number of hydrogen-bond acceptors (Lipinski definition) is 3. The molecule has 1 aromatic heterocycles. The van der Waals surface area contributed by atoms with Crippen LogP contribution in [0.1, 0.15) is 43.6 Å². The van der Waals surface area contributed by atoms with Gasteiger partial charge in [0, 0.05) is 9.77 Å². The summed E-state index contributed by atoms with van der Waals surface area (Å²) < 4.78 is 6.59. The number of nitrogens with zero attached hydrogens (tertiary/aromatic N) is 1. The molecule has 2 aromatic rings. The molecule has 0 atom stereocenters. The van der Waals surface area contributed by atoms with Gasteiger partial charge in [-0.05, 0) is 71.2 Å². The lowest BCUT2D eigenvalue weighted by molar-refractivity contribution is -0.118. The Morgan fingerprint density at radius 1 is 1.12 bits per heavy atom. The van der Waals surface area contributed by atoms with Crippen LogP contribution in [0.2, 0.25) is 0 Å². The van der Waals surface area contributed by atoms with Crippen molar-refractivity contribution in [1.29, 1.82) is 0 Å². The van der Waals surface area contributed by atoms with Crippen LogP contribution in [0.15, 0.2) is 42.6 Å². The molecule has 1 saturated carbocycles. The van der Waals surface area contributed by atoms with Crippen LogP contribution >= 0.6 is 22.6 Å². The number of pyridine rings is 1. The quantitative estimate of drug-likeness (QED) is 0.689. The Labute approximate surface area is 156 Å². The Kier molecular flexibility index (Phi) is 6.07. The maximum absolute atomic E-state index is 11.9. The van der Waals surface area contributed by atoms with E-state index in [2.05, 4.69) is 45.0 Å². The van der Waals surface area contributed by atoms with Gasteiger partial charge in [0.15, 0.2) is 6.61 Å². The van der Waals surface area contributed by atoms with Crippen molar-refractivity contribution >= 4 is 34.3 Å². The molecule has 4 nitrogen and oxygen atoms in total. The first-order valence-electron chi connectivity index (χ1n) is 8.35. The third-order valence-electron chi connectivity index (χ3n) is 4.32. The van der Waals surface area contributed by atoms with Gasteiger partial charge in [0.25, 0.3) is 5.91 Å². The van der Waals surface area contributed by atoms with Crippen molar-refractivity contribution in [3.63, 3.8) is 0 Å². The molecule has 0 unspecified atom stereocenters. The number of rotatable bonds is 5. The van der Waals surface area contributed by atoms with Gasteiger partial charge in [-0.2, -0.15) is 0 Å². The number of carbonyl (C=O) groups is 1. The molecule has 1 fully saturated rings. The second kappa shape index (κ2) is 8.46. The number of aromatic nitrogens is 1. The fourth-order valence-electron chi connectivity index (χ4n) is 3.05. The third kappa shape index (κ3) is 4.93. The van der Waals surface area contributed by atoms with Crippen LogP contribution in [0.5, 0.6) is 5.75 Å². The molecule has 1 amide bonds. The smallest absolute Gasteiger partial charge is 0.263 e. The van der Waals surface area contributed by atoms with E-state index in [-0.39, 0.29) is 12.5 Å². The van der Waals surface area contributed by atoms with Crippen LogP contribution in [-0.4, -0.2) is 17.5 Å². The number of halogens is 1. The average molecular weight is 436 g/mol. The molecule has 1 aliphatic rings. The van der Waals surface area contributed by atoms with Crippen molar-refractivity contribution < 1.29 is 9.53 Å². The summed E-state index contributed by atoms with van der Waals surface area (Å²) in [5.74, 6) is 1.74. The lowest BCUT2D eigenvalue weighted by atomic mass is 9.84. The van der Waals surface area contributed by atoms with Gasteiger partial charge in [-0.15, -0.1) is 0 Å². The summed E-state index contributed by atoms with van der Waals surface area (Å²) in [6, 6.07) is 11.8. The van der Waals surface area contributed by atoms with Crippen molar-refractivity contribution in [2.75, 3.05) is 11.9 Å². The van der Waals surface area contributed by atoms with Gasteiger partial charge in [-0.25, -0.2) is 4.98 Å². The van der Waals surface area contributed by atoms with E-state index in [0.29, 0.717) is 11.7 Å². The van der Waals surface area contributed by atoms with E-state index in [1.807, 2.05) is 18.2 Å². The van der Waals surface area contributed by atoms with Crippen LogP contribution < -0.4 is 10.1 Å². The number of carbonyl (C=O) groups excluding carboxylic acids is 1. The monoisotopic (exact) mass is 436 g/mol. The first-order chi connectivity index (χ1) is 11.7.